The van der Waals surface area contributed by atoms with Gasteiger partial charge in [0, 0.05) is 12.5 Å². The van der Waals surface area contributed by atoms with Crippen molar-refractivity contribution in [3.63, 3.8) is 0 Å². The highest BCUT2D eigenvalue weighted by Crippen LogP contribution is 2.26. The Morgan fingerprint density at radius 1 is 0.978 bits per heavy atom. The lowest BCUT2D eigenvalue weighted by molar-refractivity contribution is -0.157. The van der Waals surface area contributed by atoms with Crippen molar-refractivity contribution in [2.75, 3.05) is 12.0 Å². The van der Waals surface area contributed by atoms with Crippen molar-refractivity contribution in [1.29, 1.82) is 0 Å². The second kappa shape index (κ2) is 19.1. The second-order valence-electron chi connectivity index (χ2n) is 13.4. The van der Waals surface area contributed by atoms with E-state index in [1.807, 2.05) is 50.4 Å². The number of ether oxygens (including phenoxy) is 1. The third-order valence-corrected chi connectivity index (χ3v) is 7.89. The van der Waals surface area contributed by atoms with Crippen LogP contribution in [0.4, 0.5) is 4.79 Å². The summed E-state index contributed by atoms with van der Waals surface area (Å²) in [6.45, 7) is 14.0. The van der Waals surface area contributed by atoms with E-state index >= 15 is 0 Å². The third kappa shape index (κ3) is 14.1. The third-order valence-electron chi connectivity index (χ3n) is 7.25. The Morgan fingerprint density at radius 2 is 1.58 bits per heavy atom. The summed E-state index contributed by atoms with van der Waals surface area (Å²) in [6, 6.07) is 5.97. The molecule has 4 amide bonds. The molecule has 0 bridgehead atoms. The molecule has 12 heteroatoms. The summed E-state index contributed by atoms with van der Waals surface area (Å²) in [5, 5.41) is 27.1. The SMILES string of the molecule is CSCC[C@@H](C(=O)NCc1ccccc1)N(C(=O)[C@H](CC(C)C)C[C@H](O)[C@@H](NC(=O)OC(C)(C)C)[C@@H](C)O)C(=O)[C@@H](N)C(C)C. The van der Waals surface area contributed by atoms with Gasteiger partial charge in [-0.25, -0.2) is 4.79 Å². The van der Waals surface area contributed by atoms with E-state index in [4.69, 9.17) is 10.5 Å². The van der Waals surface area contributed by atoms with Crippen molar-refractivity contribution in [3.8, 4) is 0 Å². The van der Waals surface area contributed by atoms with Crippen LogP contribution in [0.5, 0.6) is 0 Å². The molecule has 0 unspecified atom stereocenters. The van der Waals surface area contributed by atoms with Gasteiger partial charge in [0.05, 0.1) is 24.3 Å². The average Bonchev–Trinajstić information content (AvgIpc) is 2.94. The molecule has 0 fully saturated rings. The number of hydrogen-bond acceptors (Lipinski definition) is 9. The van der Waals surface area contributed by atoms with Gasteiger partial charge in [0.2, 0.25) is 17.7 Å². The van der Waals surface area contributed by atoms with E-state index in [2.05, 4.69) is 10.6 Å². The van der Waals surface area contributed by atoms with Crippen LogP contribution in [0.1, 0.15) is 80.2 Å². The van der Waals surface area contributed by atoms with Crippen molar-refractivity contribution in [2.45, 2.75) is 117 Å². The number of carbonyl (C=O) groups excluding carboxylic acids is 4. The van der Waals surface area contributed by atoms with Gasteiger partial charge in [0.15, 0.2) is 0 Å². The quantitative estimate of drug-likeness (QED) is 0.169. The molecule has 0 aliphatic rings. The maximum Gasteiger partial charge on any atom is 0.408 e. The van der Waals surface area contributed by atoms with E-state index in [0.717, 1.165) is 10.5 Å². The van der Waals surface area contributed by atoms with Crippen LogP contribution in [0.15, 0.2) is 30.3 Å². The molecule has 11 nitrogen and oxygen atoms in total. The Morgan fingerprint density at radius 3 is 2.07 bits per heavy atom. The number of rotatable bonds is 17. The zero-order chi connectivity index (χ0) is 34.5. The normalized spacial score (nSPS) is 15.9. The number of nitrogens with two attached hydrogens (primary N) is 1. The molecule has 0 radical (unpaired) electrons. The first-order chi connectivity index (χ1) is 20.9. The number of benzene rings is 1. The Kier molecular flexibility index (Phi) is 17.1. The number of thioether (sulfide) groups is 1. The molecule has 0 aromatic heterocycles. The first-order valence-electron chi connectivity index (χ1n) is 15.7. The molecule has 256 valence electrons. The molecule has 1 aromatic rings. The van der Waals surface area contributed by atoms with Gasteiger partial charge < -0.3 is 31.3 Å². The lowest BCUT2D eigenvalue weighted by atomic mass is 9.86. The Bertz CT molecular complexity index is 1080. The largest absolute Gasteiger partial charge is 0.444 e. The molecule has 0 saturated heterocycles. The summed E-state index contributed by atoms with van der Waals surface area (Å²) < 4.78 is 5.30. The monoisotopic (exact) mass is 652 g/mol. The maximum absolute atomic E-state index is 14.4. The molecule has 6 atom stereocenters. The summed E-state index contributed by atoms with van der Waals surface area (Å²) in [6.07, 6.45) is -1.23. The fourth-order valence-electron chi connectivity index (χ4n) is 4.85. The predicted molar refractivity (Wildman–Crippen MR) is 178 cm³/mol. The van der Waals surface area contributed by atoms with Crippen LogP contribution >= 0.6 is 11.8 Å². The summed E-state index contributed by atoms with van der Waals surface area (Å²) >= 11 is 1.48. The molecule has 1 aromatic carbocycles. The zero-order valence-corrected chi connectivity index (χ0v) is 29.2. The number of imide groups is 1. The molecule has 1 rings (SSSR count). The minimum Gasteiger partial charge on any atom is -0.444 e. The average molecular weight is 653 g/mol. The number of aliphatic hydroxyl groups is 2. The van der Waals surface area contributed by atoms with Crippen LogP contribution in [0.25, 0.3) is 0 Å². The number of alkyl carbamates (subject to hydrolysis) is 1. The molecule has 0 aliphatic heterocycles. The highest BCUT2D eigenvalue weighted by Gasteiger charge is 2.42. The van der Waals surface area contributed by atoms with Crippen molar-refractivity contribution >= 4 is 35.6 Å². The van der Waals surface area contributed by atoms with Gasteiger partial charge in [-0.3, -0.25) is 19.3 Å². The van der Waals surface area contributed by atoms with Crippen LogP contribution in [0.2, 0.25) is 0 Å². The number of hydrogen-bond donors (Lipinski definition) is 5. The van der Waals surface area contributed by atoms with Crippen molar-refractivity contribution in [3.05, 3.63) is 35.9 Å². The van der Waals surface area contributed by atoms with Crippen molar-refractivity contribution in [1.82, 2.24) is 15.5 Å². The van der Waals surface area contributed by atoms with Gasteiger partial charge in [0.25, 0.3) is 0 Å². The second-order valence-corrected chi connectivity index (χ2v) is 14.3. The maximum atomic E-state index is 14.4. The first-order valence-corrected chi connectivity index (χ1v) is 17.1. The lowest BCUT2D eigenvalue weighted by Crippen LogP contribution is -2.59. The molecular formula is C33H56N4O7S. The number of carbonyl (C=O) groups is 4. The Labute approximate surface area is 273 Å². The zero-order valence-electron chi connectivity index (χ0n) is 28.4. The van der Waals surface area contributed by atoms with E-state index < -0.39 is 65.7 Å². The molecular weight excluding hydrogens is 596 g/mol. The number of amides is 4. The number of aliphatic hydroxyl groups excluding tert-OH is 2. The van der Waals surface area contributed by atoms with Crippen molar-refractivity contribution < 1.29 is 34.1 Å². The molecule has 0 heterocycles. The topological polar surface area (TPSA) is 171 Å². The first kappa shape index (κ1) is 40.4. The Balaban J connectivity index is 3.49. The number of nitrogens with zero attached hydrogens (tertiary/aromatic N) is 1. The van der Waals surface area contributed by atoms with E-state index in [0.29, 0.717) is 5.75 Å². The molecule has 6 N–H and O–H groups in total. The van der Waals surface area contributed by atoms with Gasteiger partial charge >= 0.3 is 6.09 Å². The van der Waals surface area contributed by atoms with Crippen LogP contribution in [-0.4, -0.2) is 86.9 Å². The van der Waals surface area contributed by atoms with E-state index in [-0.39, 0.29) is 37.6 Å². The van der Waals surface area contributed by atoms with Gasteiger partial charge in [0.1, 0.15) is 11.6 Å². The van der Waals surface area contributed by atoms with Gasteiger partial charge in [-0.15, -0.1) is 0 Å². The number of nitrogens with one attached hydrogen (secondary N) is 2. The minimum atomic E-state index is -1.38. The molecule has 45 heavy (non-hydrogen) atoms. The smallest absolute Gasteiger partial charge is 0.408 e. The highest BCUT2D eigenvalue weighted by atomic mass is 32.2. The minimum absolute atomic E-state index is 0.0257. The van der Waals surface area contributed by atoms with Crippen LogP contribution in [0, 0.1) is 17.8 Å². The predicted octanol–water partition coefficient (Wildman–Crippen LogP) is 3.45. The molecule has 0 aliphatic carbocycles. The summed E-state index contributed by atoms with van der Waals surface area (Å²) in [5.74, 6) is -2.55. The summed E-state index contributed by atoms with van der Waals surface area (Å²) in [7, 11) is 0. The molecule has 0 saturated carbocycles. The van der Waals surface area contributed by atoms with Crippen molar-refractivity contribution in [2.24, 2.45) is 23.5 Å². The van der Waals surface area contributed by atoms with Crippen LogP contribution in [0.3, 0.4) is 0 Å². The van der Waals surface area contributed by atoms with E-state index in [1.165, 1.54) is 18.7 Å². The Hall–Kier alpha value is -2.67. The van der Waals surface area contributed by atoms with Gasteiger partial charge in [-0.2, -0.15) is 11.8 Å². The fourth-order valence-corrected chi connectivity index (χ4v) is 5.31. The van der Waals surface area contributed by atoms with Crippen LogP contribution < -0.4 is 16.4 Å². The highest BCUT2D eigenvalue weighted by molar-refractivity contribution is 7.98. The van der Waals surface area contributed by atoms with Gasteiger partial charge in [-0.05, 0) is 76.4 Å². The molecule has 0 spiro atoms. The standard InChI is InChI=1S/C33H56N4O7S/c1-20(2)17-24(18-26(39)28(22(5)38)36-32(43)44-33(6,7)8)30(41)37(31(42)27(34)21(3)4)25(15-16-45-9)29(40)35-19-23-13-11-10-12-14-23/h10-14,20-22,24-28,38-39H,15-19,34H2,1-9H3,(H,35,40)(H,36,43)/t22-,24-,25+,26+,27+,28+/m1/s1. The van der Waals surface area contributed by atoms with E-state index in [9.17, 15) is 29.4 Å². The van der Waals surface area contributed by atoms with Crippen LogP contribution in [-0.2, 0) is 25.7 Å². The summed E-state index contributed by atoms with van der Waals surface area (Å²) in [5.41, 5.74) is 6.35. The van der Waals surface area contributed by atoms with Gasteiger partial charge in [-0.1, -0.05) is 58.0 Å². The lowest BCUT2D eigenvalue weighted by Gasteiger charge is -2.36. The fraction of sp³-hybridized carbons (Fsp3) is 0.697. The van der Waals surface area contributed by atoms with E-state index in [1.54, 1.807) is 34.6 Å². The summed E-state index contributed by atoms with van der Waals surface area (Å²) in [4.78, 5) is 55.6.